The van der Waals surface area contributed by atoms with Crippen LogP contribution in [0.4, 0.5) is 0 Å². The van der Waals surface area contributed by atoms with Gasteiger partial charge in [-0.3, -0.25) is 0 Å². The van der Waals surface area contributed by atoms with Crippen LogP contribution in [0.1, 0.15) is 18.4 Å². The maximum atomic E-state index is 9.11. The number of rotatable bonds is 3. The van der Waals surface area contributed by atoms with Crippen LogP contribution in [-0.4, -0.2) is 24.3 Å². The Hall–Kier alpha value is -0.860. The lowest BCUT2D eigenvalue weighted by molar-refractivity contribution is 0.192. The maximum Gasteiger partial charge on any atom is 0.0584 e. The Morgan fingerprint density at radius 2 is 2.07 bits per heavy atom. The van der Waals surface area contributed by atoms with Gasteiger partial charge in [-0.2, -0.15) is 0 Å². The van der Waals surface area contributed by atoms with Gasteiger partial charge >= 0.3 is 0 Å². The van der Waals surface area contributed by atoms with Crippen molar-refractivity contribution in [3.05, 3.63) is 35.9 Å². The molecule has 0 radical (unpaired) electrons. The fourth-order valence-electron chi connectivity index (χ4n) is 2.37. The Morgan fingerprint density at radius 3 is 2.80 bits per heavy atom. The Labute approximate surface area is 91.3 Å². The van der Waals surface area contributed by atoms with Crippen LogP contribution < -0.4 is 5.32 Å². The standard InChI is InChI=1S/C13H19NO/c15-10-13-9-12(6-7-14-13)8-11-4-2-1-3-5-11/h1-5,12-15H,6-10H2. The maximum absolute atomic E-state index is 9.11. The average molecular weight is 205 g/mol. The summed E-state index contributed by atoms with van der Waals surface area (Å²) in [5.74, 6) is 0.728. The van der Waals surface area contributed by atoms with Crippen molar-refractivity contribution in [2.45, 2.75) is 25.3 Å². The minimum Gasteiger partial charge on any atom is -0.395 e. The van der Waals surface area contributed by atoms with Crippen molar-refractivity contribution in [1.82, 2.24) is 5.32 Å². The van der Waals surface area contributed by atoms with Crippen molar-refractivity contribution in [3.63, 3.8) is 0 Å². The van der Waals surface area contributed by atoms with Crippen LogP contribution >= 0.6 is 0 Å². The molecule has 1 aromatic rings. The topological polar surface area (TPSA) is 32.3 Å². The first-order valence-electron chi connectivity index (χ1n) is 5.76. The first-order chi connectivity index (χ1) is 7.38. The fourth-order valence-corrected chi connectivity index (χ4v) is 2.37. The molecule has 2 N–H and O–H groups in total. The lowest BCUT2D eigenvalue weighted by Gasteiger charge is -2.29. The van der Waals surface area contributed by atoms with E-state index in [9.17, 15) is 0 Å². The van der Waals surface area contributed by atoms with E-state index in [4.69, 9.17) is 5.11 Å². The number of aliphatic hydroxyl groups is 1. The molecule has 1 fully saturated rings. The van der Waals surface area contributed by atoms with E-state index in [2.05, 4.69) is 35.6 Å². The minimum atomic E-state index is 0.269. The van der Waals surface area contributed by atoms with E-state index < -0.39 is 0 Å². The molecule has 0 aliphatic carbocycles. The van der Waals surface area contributed by atoms with E-state index in [0.717, 1.165) is 25.3 Å². The largest absolute Gasteiger partial charge is 0.395 e. The molecule has 2 atom stereocenters. The van der Waals surface area contributed by atoms with Gasteiger partial charge < -0.3 is 10.4 Å². The second-order valence-electron chi connectivity index (χ2n) is 4.41. The van der Waals surface area contributed by atoms with Crippen LogP contribution in [0.3, 0.4) is 0 Å². The van der Waals surface area contributed by atoms with E-state index in [0.29, 0.717) is 6.04 Å². The molecule has 1 heterocycles. The van der Waals surface area contributed by atoms with Gasteiger partial charge in [-0.05, 0) is 37.3 Å². The normalized spacial score (nSPS) is 26.5. The molecule has 1 saturated heterocycles. The molecule has 2 unspecified atom stereocenters. The van der Waals surface area contributed by atoms with Crippen molar-refractivity contribution in [3.8, 4) is 0 Å². The average Bonchev–Trinajstić information content (AvgIpc) is 2.31. The van der Waals surface area contributed by atoms with Gasteiger partial charge in [-0.15, -0.1) is 0 Å². The third-order valence-corrected chi connectivity index (χ3v) is 3.19. The molecule has 2 heteroatoms. The number of aliphatic hydroxyl groups excluding tert-OH is 1. The molecule has 0 spiro atoms. The third-order valence-electron chi connectivity index (χ3n) is 3.19. The molecular weight excluding hydrogens is 186 g/mol. The molecule has 15 heavy (non-hydrogen) atoms. The molecule has 1 aromatic carbocycles. The fraction of sp³-hybridized carbons (Fsp3) is 0.538. The minimum absolute atomic E-state index is 0.269. The number of hydrogen-bond donors (Lipinski definition) is 2. The molecule has 1 aliphatic rings. The van der Waals surface area contributed by atoms with Crippen LogP contribution in [0, 0.1) is 5.92 Å². The third kappa shape index (κ3) is 3.05. The zero-order valence-electron chi connectivity index (χ0n) is 9.02. The summed E-state index contributed by atoms with van der Waals surface area (Å²) in [6.45, 7) is 1.31. The molecular formula is C13H19NO. The Kier molecular flexibility index (Phi) is 3.75. The highest BCUT2D eigenvalue weighted by Crippen LogP contribution is 2.20. The zero-order chi connectivity index (χ0) is 10.5. The van der Waals surface area contributed by atoms with Gasteiger partial charge in [0.2, 0.25) is 0 Å². The SMILES string of the molecule is OCC1CC(Cc2ccccc2)CCN1. The van der Waals surface area contributed by atoms with E-state index in [1.54, 1.807) is 0 Å². The quantitative estimate of drug-likeness (QED) is 0.785. The Balaban J connectivity index is 1.89. The summed E-state index contributed by atoms with van der Waals surface area (Å²) in [5, 5.41) is 12.4. The van der Waals surface area contributed by atoms with Gasteiger partial charge in [-0.25, -0.2) is 0 Å². The van der Waals surface area contributed by atoms with E-state index in [1.807, 2.05) is 0 Å². The van der Waals surface area contributed by atoms with Gasteiger partial charge in [0.1, 0.15) is 0 Å². The summed E-state index contributed by atoms with van der Waals surface area (Å²) in [5.41, 5.74) is 1.42. The molecule has 0 bridgehead atoms. The highest BCUT2D eigenvalue weighted by Gasteiger charge is 2.20. The summed E-state index contributed by atoms with van der Waals surface area (Å²) in [6, 6.07) is 10.9. The van der Waals surface area contributed by atoms with Crippen LogP contribution in [0.5, 0.6) is 0 Å². The van der Waals surface area contributed by atoms with E-state index in [1.165, 1.54) is 12.0 Å². The van der Waals surface area contributed by atoms with Gasteiger partial charge in [-0.1, -0.05) is 30.3 Å². The molecule has 2 nitrogen and oxygen atoms in total. The van der Waals surface area contributed by atoms with Crippen molar-refractivity contribution < 1.29 is 5.11 Å². The van der Waals surface area contributed by atoms with Crippen molar-refractivity contribution in [1.29, 1.82) is 0 Å². The number of benzene rings is 1. The molecule has 0 saturated carbocycles. The summed E-state index contributed by atoms with van der Waals surface area (Å²) in [6.07, 6.45) is 3.48. The monoisotopic (exact) mass is 205 g/mol. The highest BCUT2D eigenvalue weighted by molar-refractivity contribution is 5.15. The molecule has 1 aliphatic heterocycles. The van der Waals surface area contributed by atoms with Crippen LogP contribution in [0.25, 0.3) is 0 Å². The van der Waals surface area contributed by atoms with E-state index in [-0.39, 0.29) is 6.61 Å². The highest BCUT2D eigenvalue weighted by atomic mass is 16.3. The number of hydrogen-bond acceptors (Lipinski definition) is 2. The summed E-state index contributed by atoms with van der Waals surface area (Å²) >= 11 is 0. The second kappa shape index (κ2) is 5.29. The molecule has 0 amide bonds. The predicted molar refractivity (Wildman–Crippen MR) is 61.7 cm³/mol. The van der Waals surface area contributed by atoms with Crippen LogP contribution in [0.2, 0.25) is 0 Å². The molecule has 82 valence electrons. The van der Waals surface area contributed by atoms with Crippen LogP contribution in [-0.2, 0) is 6.42 Å². The van der Waals surface area contributed by atoms with Crippen LogP contribution in [0.15, 0.2) is 30.3 Å². The lowest BCUT2D eigenvalue weighted by atomic mass is 9.87. The lowest BCUT2D eigenvalue weighted by Crippen LogP contribution is -2.40. The first kappa shape index (κ1) is 10.7. The predicted octanol–water partition coefficient (Wildman–Crippen LogP) is 1.59. The van der Waals surface area contributed by atoms with E-state index >= 15 is 0 Å². The van der Waals surface area contributed by atoms with Gasteiger partial charge in [0.15, 0.2) is 0 Å². The van der Waals surface area contributed by atoms with Gasteiger partial charge in [0.25, 0.3) is 0 Å². The van der Waals surface area contributed by atoms with Crippen molar-refractivity contribution in [2.75, 3.05) is 13.2 Å². The smallest absolute Gasteiger partial charge is 0.0584 e. The summed E-state index contributed by atoms with van der Waals surface area (Å²) in [4.78, 5) is 0. The molecule has 0 aromatic heterocycles. The molecule has 2 rings (SSSR count). The number of nitrogens with one attached hydrogen (secondary N) is 1. The Morgan fingerprint density at radius 1 is 1.27 bits per heavy atom. The second-order valence-corrected chi connectivity index (χ2v) is 4.41. The Bertz CT molecular complexity index is 286. The zero-order valence-corrected chi connectivity index (χ0v) is 9.02. The van der Waals surface area contributed by atoms with Gasteiger partial charge in [0, 0.05) is 6.04 Å². The summed E-state index contributed by atoms with van der Waals surface area (Å²) < 4.78 is 0. The number of piperidine rings is 1. The summed E-state index contributed by atoms with van der Waals surface area (Å²) in [7, 11) is 0. The van der Waals surface area contributed by atoms with Crippen molar-refractivity contribution >= 4 is 0 Å². The van der Waals surface area contributed by atoms with Gasteiger partial charge in [0.05, 0.1) is 6.61 Å². The first-order valence-corrected chi connectivity index (χ1v) is 5.76. The van der Waals surface area contributed by atoms with Crippen molar-refractivity contribution in [2.24, 2.45) is 5.92 Å².